The molecule has 0 saturated heterocycles. The lowest BCUT2D eigenvalue weighted by Gasteiger charge is -2.24. The van der Waals surface area contributed by atoms with Crippen LogP contribution < -0.4 is 0 Å². The first kappa shape index (κ1) is 17.8. The predicted molar refractivity (Wildman–Crippen MR) is 98.1 cm³/mol. The number of aliphatic carboxylic acids is 1. The molecule has 0 aliphatic heterocycles. The van der Waals surface area contributed by atoms with Gasteiger partial charge >= 0.3 is 5.97 Å². The van der Waals surface area contributed by atoms with E-state index in [-0.39, 0.29) is 5.69 Å². The lowest BCUT2D eigenvalue weighted by molar-refractivity contribution is -0.142. The summed E-state index contributed by atoms with van der Waals surface area (Å²) in [6.45, 7) is 0. The minimum atomic E-state index is -1.12. The number of nitrogens with zero attached hydrogens (tertiary/aromatic N) is 3. The number of amides is 1. The van der Waals surface area contributed by atoms with E-state index in [2.05, 4.69) is 9.97 Å². The number of carboxylic acid groups (broad SMARTS) is 1. The highest BCUT2D eigenvalue weighted by atomic mass is 32.1. The lowest BCUT2D eigenvalue weighted by atomic mass is 10.1. The van der Waals surface area contributed by atoms with Crippen LogP contribution in [0.5, 0.6) is 0 Å². The summed E-state index contributed by atoms with van der Waals surface area (Å²) in [6, 6.07) is 12.0. The van der Waals surface area contributed by atoms with Gasteiger partial charge in [-0.05, 0) is 11.6 Å². The molecular formula is C19H17N3O3S. The normalized spacial score (nSPS) is 11.7. The summed E-state index contributed by atoms with van der Waals surface area (Å²) < 4.78 is 0. The molecule has 3 aromatic rings. The molecule has 0 fully saturated rings. The average molecular weight is 367 g/mol. The summed E-state index contributed by atoms with van der Waals surface area (Å²) in [5, 5.41) is 12.0. The molecule has 3 rings (SSSR count). The Kier molecular flexibility index (Phi) is 5.38. The Balaban J connectivity index is 1.79. The number of benzene rings is 1. The van der Waals surface area contributed by atoms with Crippen molar-refractivity contribution in [3.63, 3.8) is 0 Å². The molecule has 0 aliphatic rings. The Labute approximate surface area is 154 Å². The van der Waals surface area contributed by atoms with Crippen molar-refractivity contribution in [1.82, 2.24) is 14.9 Å². The van der Waals surface area contributed by atoms with Gasteiger partial charge in [-0.3, -0.25) is 9.78 Å². The predicted octanol–water partition coefficient (Wildman–Crippen LogP) is 3.03. The molecule has 0 aliphatic carbocycles. The van der Waals surface area contributed by atoms with E-state index in [0.717, 1.165) is 10.6 Å². The Bertz CT molecular complexity index is 897. The third kappa shape index (κ3) is 3.94. The van der Waals surface area contributed by atoms with Gasteiger partial charge < -0.3 is 10.0 Å². The van der Waals surface area contributed by atoms with E-state index < -0.39 is 17.9 Å². The van der Waals surface area contributed by atoms with Crippen LogP contribution in [0.2, 0.25) is 0 Å². The first-order valence-electron chi connectivity index (χ1n) is 7.94. The van der Waals surface area contributed by atoms with Gasteiger partial charge in [0, 0.05) is 36.8 Å². The number of aromatic nitrogens is 2. The number of carbonyl (C=O) groups excluding carboxylic acids is 1. The molecule has 0 saturated carbocycles. The van der Waals surface area contributed by atoms with Crippen LogP contribution in [0, 0.1) is 0 Å². The fourth-order valence-electron chi connectivity index (χ4n) is 2.63. The molecule has 2 aromatic heterocycles. The molecule has 6 nitrogen and oxygen atoms in total. The molecule has 1 N–H and O–H groups in total. The molecule has 132 valence electrons. The van der Waals surface area contributed by atoms with E-state index in [9.17, 15) is 14.7 Å². The third-order valence-electron chi connectivity index (χ3n) is 3.91. The van der Waals surface area contributed by atoms with Gasteiger partial charge in [0.1, 0.15) is 5.69 Å². The van der Waals surface area contributed by atoms with Crippen LogP contribution >= 0.6 is 11.3 Å². The second-order valence-corrected chi connectivity index (χ2v) is 6.67. The molecule has 0 radical (unpaired) electrons. The van der Waals surface area contributed by atoms with Gasteiger partial charge in [0.05, 0.1) is 5.01 Å². The zero-order valence-electron chi connectivity index (χ0n) is 14.1. The Morgan fingerprint density at radius 3 is 2.62 bits per heavy atom. The van der Waals surface area contributed by atoms with Crippen LogP contribution in [0.15, 0.2) is 60.2 Å². The summed E-state index contributed by atoms with van der Waals surface area (Å²) in [5.41, 5.74) is 1.79. The summed E-state index contributed by atoms with van der Waals surface area (Å²) in [5.74, 6) is -1.55. The first-order valence-corrected chi connectivity index (χ1v) is 8.82. The number of rotatable bonds is 6. The van der Waals surface area contributed by atoms with Crippen molar-refractivity contribution in [3.8, 4) is 0 Å². The van der Waals surface area contributed by atoms with Crippen molar-refractivity contribution < 1.29 is 14.7 Å². The monoisotopic (exact) mass is 367 g/mol. The van der Waals surface area contributed by atoms with E-state index in [1.54, 1.807) is 23.7 Å². The smallest absolute Gasteiger partial charge is 0.331 e. The van der Waals surface area contributed by atoms with Crippen molar-refractivity contribution in [2.24, 2.45) is 0 Å². The van der Waals surface area contributed by atoms with Crippen molar-refractivity contribution >= 4 is 23.2 Å². The summed E-state index contributed by atoms with van der Waals surface area (Å²) in [6.07, 6.45) is 3.64. The van der Waals surface area contributed by atoms with Crippen LogP contribution in [0.1, 0.15) is 32.7 Å². The van der Waals surface area contributed by atoms with Gasteiger partial charge in [0.15, 0.2) is 6.04 Å². The SMILES string of the molecule is CN(C(=O)c1csc(Cc2ccccc2)n1)C(C(=O)O)c1cccnc1. The molecule has 1 unspecified atom stereocenters. The van der Waals surface area contributed by atoms with E-state index in [1.807, 2.05) is 30.3 Å². The molecule has 1 amide bonds. The highest BCUT2D eigenvalue weighted by Crippen LogP contribution is 2.22. The largest absolute Gasteiger partial charge is 0.479 e. The Morgan fingerprint density at radius 1 is 1.19 bits per heavy atom. The van der Waals surface area contributed by atoms with E-state index >= 15 is 0 Å². The highest BCUT2D eigenvalue weighted by molar-refractivity contribution is 7.09. The standard InChI is InChI=1S/C19H17N3O3S/c1-22(17(19(24)25)14-8-5-9-20-11-14)18(23)15-12-26-16(21-15)10-13-6-3-2-4-7-13/h2-9,11-12,17H,10H2,1H3,(H,24,25). The van der Waals surface area contributed by atoms with Crippen LogP contribution in [-0.2, 0) is 11.2 Å². The minimum absolute atomic E-state index is 0.249. The van der Waals surface area contributed by atoms with Gasteiger partial charge in [0.2, 0.25) is 0 Å². The first-order chi connectivity index (χ1) is 12.6. The topological polar surface area (TPSA) is 83.4 Å². The number of hydrogen-bond donors (Lipinski definition) is 1. The molecule has 0 bridgehead atoms. The van der Waals surface area contributed by atoms with Crippen molar-refractivity contribution in [2.75, 3.05) is 7.05 Å². The number of pyridine rings is 1. The van der Waals surface area contributed by atoms with Gasteiger partial charge in [-0.1, -0.05) is 36.4 Å². The lowest BCUT2D eigenvalue weighted by Crippen LogP contribution is -2.36. The minimum Gasteiger partial charge on any atom is -0.479 e. The van der Waals surface area contributed by atoms with Gasteiger partial charge in [0.25, 0.3) is 5.91 Å². The van der Waals surface area contributed by atoms with E-state index in [1.165, 1.54) is 29.5 Å². The molecule has 0 spiro atoms. The second-order valence-electron chi connectivity index (χ2n) is 5.73. The van der Waals surface area contributed by atoms with Crippen molar-refractivity contribution in [2.45, 2.75) is 12.5 Å². The summed E-state index contributed by atoms with van der Waals surface area (Å²) in [4.78, 5) is 33.9. The Morgan fingerprint density at radius 2 is 1.96 bits per heavy atom. The maximum absolute atomic E-state index is 12.7. The van der Waals surface area contributed by atoms with Crippen molar-refractivity contribution in [3.05, 3.63) is 82.1 Å². The fraction of sp³-hybridized carbons (Fsp3) is 0.158. The maximum atomic E-state index is 12.7. The molecular weight excluding hydrogens is 350 g/mol. The zero-order valence-corrected chi connectivity index (χ0v) is 14.9. The van der Waals surface area contributed by atoms with Gasteiger partial charge in [-0.2, -0.15) is 0 Å². The number of carbonyl (C=O) groups is 2. The Hall–Kier alpha value is -3.06. The quantitative estimate of drug-likeness (QED) is 0.724. The van der Waals surface area contributed by atoms with Gasteiger partial charge in [-0.25, -0.2) is 9.78 Å². The number of thiazole rings is 1. The number of carboxylic acids is 1. The fourth-order valence-corrected chi connectivity index (χ4v) is 3.43. The number of likely N-dealkylation sites (N-methyl/N-ethyl adjacent to an activating group) is 1. The zero-order chi connectivity index (χ0) is 18.5. The van der Waals surface area contributed by atoms with Crippen LogP contribution in [0.3, 0.4) is 0 Å². The van der Waals surface area contributed by atoms with Gasteiger partial charge in [-0.15, -0.1) is 11.3 Å². The van der Waals surface area contributed by atoms with Crippen LogP contribution in [0.4, 0.5) is 0 Å². The van der Waals surface area contributed by atoms with E-state index in [0.29, 0.717) is 12.0 Å². The summed E-state index contributed by atoms with van der Waals surface area (Å²) in [7, 11) is 1.46. The molecule has 1 atom stereocenters. The third-order valence-corrected chi connectivity index (χ3v) is 4.76. The number of hydrogen-bond acceptors (Lipinski definition) is 5. The molecule has 26 heavy (non-hydrogen) atoms. The summed E-state index contributed by atoms with van der Waals surface area (Å²) >= 11 is 1.39. The molecule has 2 heterocycles. The highest BCUT2D eigenvalue weighted by Gasteiger charge is 2.30. The van der Waals surface area contributed by atoms with Crippen molar-refractivity contribution in [1.29, 1.82) is 0 Å². The average Bonchev–Trinajstić information content (AvgIpc) is 3.11. The maximum Gasteiger partial charge on any atom is 0.331 e. The second kappa shape index (κ2) is 7.88. The van der Waals surface area contributed by atoms with E-state index in [4.69, 9.17) is 0 Å². The van der Waals surface area contributed by atoms with Crippen LogP contribution in [-0.4, -0.2) is 38.9 Å². The molecule has 1 aromatic carbocycles. The molecule has 7 heteroatoms. The van der Waals surface area contributed by atoms with Crippen LogP contribution in [0.25, 0.3) is 0 Å².